The minimum atomic E-state index is -4.88. The van der Waals surface area contributed by atoms with Crippen LogP contribution in [0.1, 0.15) is 22.3 Å². The molecule has 1 aromatic heterocycles. The van der Waals surface area contributed by atoms with Gasteiger partial charge in [-0.2, -0.15) is 18.2 Å². The van der Waals surface area contributed by atoms with E-state index in [1.165, 1.54) is 6.07 Å². The Bertz CT molecular complexity index is 742. The second-order valence-corrected chi connectivity index (χ2v) is 6.77. The van der Waals surface area contributed by atoms with Gasteiger partial charge < -0.3 is 5.11 Å². The number of alkyl halides is 3. The number of rotatable bonds is 3. The summed E-state index contributed by atoms with van der Waals surface area (Å²) in [5.41, 5.74) is -1.24. The molecule has 1 unspecified atom stereocenters. The standard InChI is InChI=1S/C13H8ClF4NO2S/c1-2-22-9(12(20)21)10(13(16,17)18)19-11(22)6-3-4-8(15)7(14)5-6/h3-5H,2H2,1H3/p+1. The topological polar surface area (TPSA) is 50.2 Å². The zero-order valence-electron chi connectivity index (χ0n) is 11.0. The van der Waals surface area contributed by atoms with Crippen LogP contribution in [0.3, 0.4) is 0 Å². The number of halogens is 5. The molecule has 0 saturated carbocycles. The molecule has 22 heavy (non-hydrogen) atoms. The Morgan fingerprint density at radius 3 is 2.50 bits per heavy atom. The highest BCUT2D eigenvalue weighted by atomic mass is 35.5. The van der Waals surface area contributed by atoms with E-state index < -0.39 is 39.0 Å². The van der Waals surface area contributed by atoms with Crippen molar-refractivity contribution in [3.05, 3.63) is 39.6 Å². The molecule has 1 aromatic carbocycles. The fourth-order valence-corrected chi connectivity index (χ4v) is 4.09. The maximum absolute atomic E-state index is 13.2. The molecule has 0 aliphatic carbocycles. The van der Waals surface area contributed by atoms with Gasteiger partial charge in [-0.25, -0.2) is 9.18 Å². The molecule has 0 aliphatic rings. The minimum absolute atomic E-state index is 0.0471. The summed E-state index contributed by atoms with van der Waals surface area (Å²) in [4.78, 5) is 13.9. The number of carboxylic acid groups (broad SMARTS) is 1. The largest absolute Gasteiger partial charge is 0.474 e. The van der Waals surface area contributed by atoms with Gasteiger partial charge in [-0.3, -0.25) is 0 Å². The van der Waals surface area contributed by atoms with Gasteiger partial charge in [0.25, 0.3) is 9.88 Å². The first-order valence-corrected chi connectivity index (χ1v) is 7.73. The van der Waals surface area contributed by atoms with E-state index >= 15 is 0 Å². The van der Waals surface area contributed by atoms with Crippen molar-refractivity contribution in [2.45, 2.75) is 18.9 Å². The lowest BCUT2D eigenvalue weighted by molar-refractivity contribution is -0.141. The van der Waals surface area contributed by atoms with Crippen molar-refractivity contribution in [1.29, 1.82) is 0 Å². The van der Waals surface area contributed by atoms with E-state index in [0.717, 1.165) is 12.1 Å². The molecular formula is C13H9ClF4NO2S+. The van der Waals surface area contributed by atoms with E-state index in [0.29, 0.717) is 0 Å². The normalized spacial score (nSPS) is 12.5. The Labute approximate surface area is 130 Å². The number of hydrogen-bond donors (Lipinski definition) is 1. The summed E-state index contributed by atoms with van der Waals surface area (Å²) in [5.74, 6) is -2.25. The Balaban J connectivity index is 2.76. The third-order valence-electron chi connectivity index (χ3n) is 2.83. The Hall–Kier alpha value is -1.67. The van der Waals surface area contributed by atoms with Gasteiger partial charge in [-0.05, 0) is 25.1 Å². The molecule has 1 N–H and O–H groups in total. The zero-order chi connectivity index (χ0) is 16.7. The molecule has 1 atom stereocenters. The Morgan fingerprint density at radius 2 is 2.05 bits per heavy atom. The number of aromatic nitrogens is 1. The maximum atomic E-state index is 13.2. The van der Waals surface area contributed by atoms with Crippen LogP contribution in [0.25, 0.3) is 10.6 Å². The number of carboxylic acids is 1. The lowest BCUT2D eigenvalue weighted by Crippen LogP contribution is -2.11. The van der Waals surface area contributed by atoms with Crippen molar-refractivity contribution in [2.24, 2.45) is 0 Å². The van der Waals surface area contributed by atoms with Crippen molar-refractivity contribution >= 4 is 28.0 Å². The van der Waals surface area contributed by atoms with Gasteiger partial charge in [-0.1, -0.05) is 11.6 Å². The Kier molecular flexibility index (Phi) is 4.44. The fraction of sp³-hybridized carbons (Fsp3) is 0.231. The number of hydrogen-bond acceptors (Lipinski definition) is 2. The van der Waals surface area contributed by atoms with Gasteiger partial charge in [-0.15, -0.1) is 0 Å². The van der Waals surface area contributed by atoms with Crippen molar-refractivity contribution in [3.63, 3.8) is 0 Å². The van der Waals surface area contributed by atoms with E-state index in [1.54, 1.807) is 6.92 Å². The quantitative estimate of drug-likeness (QED) is 0.621. The molecular weight excluding hydrogens is 346 g/mol. The summed E-state index contributed by atoms with van der Waals surface area (Å²) in [5, 5.41) is 8.79. The average Bonchev–Trinajstić information content (AvgIpc) is 2.81. The van der Waals surface area contributed by atoms with Gasteiger partial charge >= 0.3 is 12.1 Å². The molecule has 118 valence electrons. The van der Waals surface area contributed by atoms with E-state index in [2.05, 4.69) is 4.98 Å². The highest BCUT2D eigenvalue weighted by molar-refractivity contribution is 7.35. The van der Waals surface area contributed by atoms with Gasteiger partial charge in [0.1, 0.15) is 11.6 Å². The van der Waals surface area contributed by atoms with Crippen LogP contribution in [0.5, 0.6) is 0 Å². The third kappa shape index (κ3) is 2.93. The van der Waals surface area contributed by atoms with Crippen LogP contribution in [0.2, 0.25) is 5.02 Å². The number of thiazole rings is 1. The number of aromatic carboxylic acids is 1. The first kappa shape index (κ1) is 16.7. The number of benzene rings is 1. The van der Waals surface area contributed by atoms with E-state index in [1.807, 2.05) is 0 Å². The van der Waals surface area contributed by atoms with Gasteiger partial charge in [0.2, 0.25) is 5.69 Å². The lowest BCUT2D eigenvalue weighted by Gasteiger charge is -2.00. The van der Waals surface area contributed by atoms with Gasteiger partial charge in [0.05, 0.1) is 10.6 Å². The zero-order valence-corrected chi connectivity index (χ0v) is 12.6. The first-order valence-electron chi connectivity index (χ1n) is 5.96. The molecule has 2 rings (SSSR count). The van der Waals surface area contributed by atoms with Crippen LogP contribution < -0.4 is 0 Å². The molecule has 0 bridgehead atoms. The first-order chi connectivity index (χ1) is 10.2. The summed E-state index contributed by atoms with van der Waals surface area (Å²) in [6, 6.07) is 3.38. The smallest absolute Gasteiger partial charge is 0.439 e. The van der Waals surface area contributed by atoms with Crippen molar-refractivity contribution in [1.82, 2.24) is 4.98 Å². The predicted octanol–water partition coefficient (Wildman–Crippen LogP) is 5.03. The van der Waals surface area contributed by atoms with Gasteiger partial charge in [0, 0.05) is 10.5 Å². The van der Waals surface area contributed by atoms with Crippen LogP contribution in [0.4, 0.5) is 17.6 Å². The molecule has 0 spiro atoms. The van der Waals surface area contributed by atoms with E-state index in [-0.39, 0.29) is 21.3 Å². The van der Waals surface area contributed by atoms with E-state index in [4.69, 9.17) is 16.7 Å². The molecule has 0 fully saturated rings. The molecule has 2 aromatic rings. The van der Waals surface area contributed by atoms with Gasteiger partial charge in [0.15, 0.2) is 0 Å². The van der Waals surface area contributed by atoms with Crippen LogP contribution in [-0.2, 0) is 11.9 Å². The summed E-state index contributed by atoms with van der Waals surface area (Å²) in [6.45, 7) is 1.56. The SMILES string of the molecule is CC[s+]1c(-c2ccc(F)c(Cl)c2)nc(C(F)(F)F)c1C(=O)O. The second-order valence-electron chi connectivity index (χ2n) is 4.21. The summed E-state index contributed by atoms with van der Waals surface area (Å²) < 4.78 is 52.2. The predicted molar refractivity (Wildman–Crippen MR) is 74.8 cm³/mol. The van der Waals surface area contributed by atoms with Crippen molar-refractivity contribution < 1.29 is 27.5 Å². The van der Waals surface area contributed by atoms with Crippen LogP contribution in [0.15, 0.2) is 18.2 Å². The molecule has 3 nitrogen and oxygen atoms in total. The minimum Gasteiger partial charge on any atom is -0.474 e. The monoisotopic (exact) mass is 354 g/mol. The second kappa shape index (κ2) is 5.85. The molecule has 9 heteroatoms. The molecule has 0 aliphatic heterocycles. The average molecular weight is 355 g/mol. The highest BCUT2D eigenvalue weighted by Gasteiger charge is 2.47. The summed E-state index contributed by atoms with van der Waals surface area (Å²) in [7, 11) is -1.35. The van der Waals surface area contributed by atoms with E-state index in [9.17, 15) is 22.4 Å². The molecule has 1 heterocycles. The van der Waals surface area contributed by atoms with Crippen molar-refractivity contribution in [2.75, 3.05) is 0 Å². The lowest BCUT2D eigenvalue weighted by atomic mass is 10.2. The number of nitrogens with zero attached hydrogens (tertiary/aromatic N) is 1. The van der Waals surface area contributed by atoms with Crippen LogP contribution >= 0.6 is 22.1 Å². The summed E-state index contributed by atoms with van der Waals surface area (Å²) >= 11 is 5.63. The fourth-order valence-electron chi connectivity index (χ4n) is 1.94. The van der Waals surface area contributed by atoms with Crippen LogP contribution in [0, 0.1) is 5.82 Å². The van der Waals surface area contributed by atoms with Crippen molar-refractivity contribution in [3.8, 4) is 10.6 Å². The number of carbonyl (C=O) groups is 1. The molecule has 0 radical (unpaired) electrons. The summed E-state index contributed by atoms with van der Waals surface area (Å²) in [6.07, 6.45) is -4.88. The third-order valence-corrected chi connectivity index (χ3v) is 5.35. The Morgan fingerprint density at radius 1 is 1.41 bits per heavy atom. The van der Waals surface area contributed by atoms with Crippen LogP contribution in [-0.4, -0.2) is 16.1 Å². The molecule has 0 saturated heterocycles. The maximum Gasteiger partial charge on any atom is 0.439 e. The molecule has 0 amide bonds. The highest BCUT2D eigenvalue weighted by Crippen LogP contribution is 2.45.